The third-order valence-corrected chi connectivity index (χ3v) is 7.19. The number of aryl methyl sites for hydroxylation is 1. The average Bonchev–Trinajstić information content (AvgIpc) is 2.56. The summed E-state index contributed by atoms with van der Waals surface area (Å²) >= 11 is 5.02. The predicted octanol–water partition coefficient (Wildman–Crippen LogP) is 2.79. The molecular formula is C11H16BrNO2S2. The minimum Gasteiger partial charge on any atom is -0.323 e. The predicted molar refractivity (Wildman–Crippen MR) is 75.1 cm³/mol. The smallest absolute Gasteiger partial charge is 0.155 e. The number of hydrogen-bond acceptors (Lipinski definition) is 4. The Kier molecular flexibility index (Phi) is 3.97. The maximum atomic E-state index is 12.0. The van der Waals surface area contributed by atoms with Crippen LogP contribution in [0, 0.1) is 6.92 Å². The SMILES string of the molecule is Cc1sc(Br)cc1C(N)C1CCCCS1(=O)=O. The van der Waals surface area contributed by atoms with Crippen LogP contribution in [0.15, 0.2) is 9.85 Å². The van der Waals surface area contributed by atoms with Crippen LogP contribution in [0.5, 0.6) is 0 Å². The van der Waals surface area contributed by atoms with E-state index in [9.17, 15) is 8.42 Å². The van der Waals surface area contributed by atoms with Crippen molar-refractivity contribution in [2.75, 3.05) is 5.75 Å². The topological polar surface area (TPSA) is 60.2 Å². The van der Waals surface area contributed by atoms with Crippen LogP contribution >= 0.6 is 27.3 Å². The summed E-state index contributed by atoms with van der Waals surface area (Å²) in [6.45, 7) is 1.99. The molecule has 1 aromatic heterocycles. The fraction of sp³-hybridized carbons (Fsp3) is 0.636. The van der Waals surface area contributed by atoms with Gasteiger partial charge in [-0.25, -0.2) is 8.42 Å². The average molecular weight is 338 g/mol. The molecule has 2 N–H and O–H groups in total. The van der Waals surface area contributed by atoms with E-state index in [1.165, 1.54) is 0 Å². The monoisotopic (exact) mass is 337 g/mol. The highest BCUT2D eigenvalue weighted by Gasteiger charge is 2.35. The first kappa shape index (κ1) is 13.5. The Hall–Kier alpha value is 0.0900. The van der Waals surface area contributed by atoms with Gasteiger partial charge in [-0.15, -0.1) is 11.3 Å². The number of thiophene rings is 1. The van der Waals surface area contributed by atoms with Gasteiger partial charge in [0.1, 0.15) is 0 Å². The van der Waals surface area contributed by atoms with E-state index >= 15 is 0 Å². The molecule has 2 atom stereocenters. The Morgan fingerprint density at radius 2 is 2.24 bits per heavy atom. The van der Waals surface area contributed by atoms with Crippen LogP contribution in [-0.2, 0) is 9.84 Å². The molecule has 0 aromatic carbocycles. The van der Waals surface area contributed by atoms with Crippen LogP contribution < -0.4 is 5.73 Å². The third kappa shape index (κ3) is 2.75. The van der Waals surface area contributed by atoms with Crippen LogP contribution in [0.2, 0.25) is 0 Å². The fourth-order valence-corrected chi connectivity index (χ4v) is 6.17. The molecule has 0 aliphatic carbocycles. The summed E-state index contributed by atoms with van der Waals surface area (Å²) in [7, 11) is -3.01. The van der Waals surface area contributed by atoms with Crippen LogP contribution in [0.1, 0.15) is 35.7 Å². The summed E-state index contributed by atoms with van der Waals surface area (Å²) in [6.07, 6.45) is 2.43. The van der Waals surface area contributed by atoms with Gasteiger partial charge in [0.05, 0.1) is 14.8 Å². The summed E-state index contributed by atoms with van der Waals surface area (Å²) in [5.41, 5.74) is 7.14. The van der Waals surface area contributed by atoms with Crippen molar-refractivity contribution in [3.05, 3.63) is 20.3 Å². The highest BCUT2D eigenvalue weighted by molar-refractivity contribution is 9.11. The number of halogens is 1. The van der Waals surface area contributed by atoms with Crippen LogP contribution in [0.25, 0.3) is 0 Å². The van der Waals surface area contributed by atoms with E-state index < -0.39 is 15.1 Å². The first-order valence-corrected chi connectivity index (χ1v) is 8.97. The Labute approximate surface area is 114 Å². The highest BCUT2D eigenvalue weighted by atomic mass is 79.9. The van der Waals surface area contributed by atoms with Crippen molar-refractivity contribution in [1.82, 2.24) is 0 Å². The van der Waals surface area contributed by atoms with Crippen molar-refractivity contribution >= 4 is 37.1 Å². The second-order valence-electron chi connectivity index (χ2n) is 4.49. The van der Waals surface area contributed by atoms with Gasteiger partial charge in [-0.05, 0) is 47.3 Å². The molecule has 6 heteroatoms. The van der Waals surface area contributed by atoms with Gasteiger partial charge in [0.25, 0.3) is 0 Å². The third-order valence-electron chi connectivity index (χ3n) is 3.31. The Balaban J connectivity index is 2.31. The molecule has 0 bridgehead atoms. The summed E-state index contributed by atoms with van der Waals surface area (Å²) in [6, 6.07) is 1.57. The molecule has 1 saturated heterocycles. The lowest BCUT2D eigenvalue weighted by molar-refractivity contribution is 0.504. The van der Waals surface area contributed by atoms with E-state index in [4.69, 9.17) is 5.73 Å². The molecule has 0 saturated carbocycles. The molecule has 1 fully saturated rings. The van der Waals surface area contributed by atoms with Crippen molar-refractivity contribution in [2.24, 2.45) is 5.73 Å². The molecule has 96 valence electrons. The fourth-order valence-electron chi connectivity index (χ4n) is 2.37. The van der Waals surface area contributed by atoms with Gasteiger partial charge in [0.15, 0.2) is 9.84 Å². The molecule has 2 rings (SSSR count). The first-order valence-electron chi connectivity index (χ1n) is 5.65. The molecule has 3 nitrogen and oxygen atoms in total. The number of hydrogen-bond donors (Lipinski definition) is 1. The van der Waals surface area contributed by atoms with Gasteiger partial charge in [-0.2, -0.15) is 0 Å². The summed E-state index contributed by atoms with van der Waals surface area (Å²) < 4.78 is 25.1. The lowest BCUT2D eigenvalue weighted by Gasteiger charge is -2.27. The van der Waals surface area contributed by atoms with Gasteiger partial charge >= 0.3 is 0 Å². The van der Waals surface area contributed by atoms with Crippen molar-refractivity contribution in [3.63, 3.8) is 0 Å². The molecule has 17 heavy (non-hydrogen) atoms. The van der Waals surface area contributed by atoms with E-state index in [1.54, 1.807) is 11.3 Å². The van der Waals surface area contributed by atoms with E-state index in [2.05, 4.69) is 15.9 Å². The summed E-state index contributed by atoms with van der Waals surface area (Å²) in [5, 5.41) is -0.406. The maximum Gasteiger partial charge on any atom is 0.155 e. The number of nitrogens with two attached hydrogens (primary N) is 1. The molecule has 1 aromatic rings. The zero-order valence-electron chi connectivity index (χ0n) is 9.65. The van der Waals surface area contributed by atoms with Crippen molar-refractivity contribution in [1.29, 1.82) is 0 Å². The highest BCUT2D eigenvalue weighted by Crippen LogP contribution is 2.35. The molecule has 0 spiro atoms. The van der Waals surface area contributed by atoms with Crippen LogP contribution in [0.4, 0.5) is 0 Å². The number of rotatable bonds is 2. The molecule has 1 aliphatic heterocycles. The van der Waals surface area contributed by atoms with E-state index in [-0.39, 0.29) is 11.8 Å². The zero-order valence-corrected chi connectivity index (χ0v) is 12.9. The minimum atomic E-state index is -3.01. The number of sulfone groups is 1. The first-order chi connectivity index (χ1) is 7.92. The second-order valence-corrected chi connectivity index (χ2v) is 9.46. The molecule has 2 heterocycles. The lowest BCUT2D eigenvalue weighted by atomic mass is 10.0. The van der Waals surface area contributed by atoms with Gasteiger partial charge < -0.3 is 5.73 Å². The van der Waals surface area contributed by atoms with Crippen molar-refractivity contribution < 1.29 is 8.42 Å². The van der Waals surface area contributed by atoms with E-state index in [0.29, 0.717) is 6.42 Å². The quantitative estimate of drug-likeness (QED) is 0.902. The zero-order chi connectivity index (χ0) is 12.6. The summed E-state index contributed by atoms with van der Waals surface area (Å²) in [4.78, 5) is 1.10. The Morgan fingerprint density at radius 1 is 1.53 bits per heavy atom. The van der Waals surface area contributed by atoms with Crippen LogP contribution in [0.3, 0.4) is 0 Å². The van der Waals surface area contributed by atoms with E-state index in [0.717, 1.165) is 27.1 Å². The largest absolute Gasteiger partial charge is 0.323 e. The minimum absolute atomic E-state index is 0.287. The maximum absolute atomic E-state index is 12.0. The Bertz CT molecular complexity index is 510. The normalized spacial score (nSPS) is 25.7. The van der Waals surface area contributed by atoms with Crippen LogP contribution in [-0.4, -0.2) is 19.4 Å². The standard InChI is InChI=1S/C11H16BrNO2S2/c1-7-8(6-10(12)16-7)11(13)9-4-2-3-5-17(9,14)15/h6,9,11H,2-5,13H2,1H3. The summed E-state index contributed by atoms with van der Waals surface area (Å²) in [5.74, 6) is 0.287. The van der Waals surface area contributed by atoms with Gasteiger partial charge in [-0.3, -0.25) is 0 Å². The molecule has 1 aliphatic rings. The van der Waals surface area contributed by atoms with Gasteiger partial charge in [0.2, 0.25) is 0 Å². The van der Waals surface area contributed by atoms with Crippen molar-refractivity contribution in [2.45, 2.75) is 37.5 Å². The molecule has 0 amide bonds. The van der Waals surface area contributed by atoms with Gasteiger partial charge in [0, 0.05) is 10.9 Å². The lowest BCUT2D eigenvalue weighted by Crippen LogP contribution is -2.37. The molecule has 0 radical (unpaired) electrons. The van der Waals surface area contributed by atoms with Crippen molar-refractivity contribution in [3.8, 4) is 0 Å². The molecular weight excluding hydrogens is 322 g/mol. The molecule has 2 unspecified atom stereocenters. The van der Waals surface area contributed by atoms with Gasteiger partial charge in [-0.1, -0.05) is 6.42 Å². The van der Waals surface area contributed by atoms with E-state index in [1.807, 2.05) is 13.0 Å². The Morgan fingerprint density at radius 3 is 2.76 bits per heavy atom. The second kappa shape index (κ2) is 4.99.